The molecular weight excluding hydrogens is 252 g/mol. The number of hydrogen-bond acceptors (Lipinski definition) is 4. The van der Waals surface area contributed by atoms with Gasteiger partial charge in [0.2, 0.25) is 0 Å². The first-order valence-electron chi connectivity index (χ1n) is 7.68. The van der Waals surface area contributed by atoms with Crippen molar-refractivity contribution in [1.82, 2.24) is 5.32 Å². The second-order valence-electron chi connectivity index (χ2n) is 5.60. The Kier molecular flexibility index (Phi) is 4.77. The Balaban J connectivity index is 1.56. The van der Waals surface area contributed by atoms with Crippen LogP contribution in [0.25, 0.3) is 0 Å². The summed E-state index contributed by atoms with van der Waals surface area (Å²) in [6.45, 7) is 6.85. The molecule has 2 aliphatic rings. The summed E-state index contributed by atoms with van der Waals surface area (Å²) in [5, 5.41) is 3.38. The van der Waals surface area contributed by atoms with Gasteiger partial charge < -0.3 is 19.7 Å². The van der Waals surface area contributed by atoms with E-state index in [1.807, 2.05) is 0 Å². The van der Waals surface area contributed by atoms with Crippen LogP contribution in [0.5, 0.6) is 5.75 Å². The first-order valence-corrected chi connectivity index (χ1v) is 7.68. The second kappa shape index (κ2) is 6.95. The van der Waals surface area contributed by atoms with Crippen LogP contribution in [0.1, 0.15) is 12.8 Å². The summed E-state index contributed by atoms with van der Waals surface area (Å²) >= 11 is 0. The molecule has 0 aliphatic carbocycles. The lowest BCUT2D eigenvalue weighted by Gasteiger charge is -2.29. The fourth-order valence-electron chi connectivity index (χ4n) is 2.82. The predicted molar refractivity (Wildman–Crippen MR) is 80.6 cm³/mol. The molecule has 2 aliphatic heterocycles. The van der Waals surface area contributed by atoms with Crippen molar-refractivity contribution in [3.8, 4) is 5.75 Å². The maximum absolute atomic E-state index is 5.98. The lowest BCUT2D eigenvalue weighted by molar-refractivity contribution is 0.0497. The van der Waals surface area contributed by atoms with E-state index >= 15 is 0 Å². The number of ether oxygens (including phenoxy) is 2. The molecule has 4 heteroatoms. The second-order valence-corrected chi connectivity index (χ2v) is 5.60. The topological polar surface area (TPSA) is 33.7 Å². The summed E-state index contributed by atoms with van der Waals surface area (Å²) in [6.07, 6.45) is 2.25. The molecule has 0 amide bonds. The molecule has 0 unspecified atom stereocenters. The number of benzene rings is 1. The van der Waals surface area contributed by atoms with Gasteiger partial charge in [0.1, 0.15) is 5.75 Å². The van der Waals surface area contributed by atoms with Crippen LogP contribution in [-0.4, -0.2) is 46.0 Å². The van der Waals surface area contributed by atoms with Gasteiger partial charge in [-0.05, 0) is 30.9 Å². The molecule has 1 N–H and O–H groups in total. The van der Waals surface area contributed by atoms with Crippen molar-refractivity contribution in [3.05, 3.63) is 24.3 Å². The third-order valence-electron chi connectivity index (χ3n) is 4.13. The van der Waals surface area contributed by atoms with Gasteiger partial charge in [-0.25, -0.2) is 0 Å². The molecule has 3 rings (SSSR count). The molecule has 0 spiro atoms. The molecule has 0 radical (unpaired) electrons. The molecule has 2 fully saturated rings. The van der Waals surface area contributed by atoms with E-state index in [1.165, 1.54) is 5.69 Å². The van der Waals surface area contributed by atoms with Gasteiger partial charge in [-0.1, -0.05) is 6.07 Å². The van der Waals surface area contributed by atoms with Crippen molar-refractivity contribution in [3.63, 3.8) is 0 Å². The zero-order valence-corrected chi connectivity index (χ0v) is 12.0. The van der Waals surface area contributed by atoms with Crippen LogP contribution in [0.2, 0.25) is 0 Å². The van der Waals surface area contributed by atoms with E-state index in [0.29, 0.717) is 5.92 Å². The van der Waals surface area contributed by atoms with Gasteiger partial charge in [-0.3, -0.25) is 0 Å². The normalized spacial score (nSPS) is 20.9. The maximum atomic E-state index is 5.98. The van der Waals surface area contributed by atoms with Crippen molar-refractivity contribution in [2.24, 2.45) is 5.92 Å². The van der Waals surface area contributed by atoms with Gasteiger partial charge >= 0.3 is 0 Å². The highest BCUT2D eigenvalue weighted by Crippen LogP contribution is 2.23. The van der Waals surface area contributed by atoms with E-state index in [2.05, 4.69) is 34.5 Å². The standard InChI is InChI=1S/C16H24N2O2/c1-2-15(18-8-6-17-7-9-18)12-16(3-1)20-13-14-4-10-19-11-5-14/h1-3,12,14,17H,4-11,13H2. The fraction of sp³-hybridized carbons (Fsp3) is 0.625. The molecule has 20 heavy (non-hydrogen) atoms. The minimum Gasteiger partial charge on any atom is -0.493 e. The minimum absolute atomic E-state index is 0.645. The zero-order chi connectivity index (χ0) is 13.6. The number of nitrogens with one attached hydrogen (secondary N) is 1. The summed E-state index contributed by atoms with van der Waals surface area (Å²) < 4.78 is 11.4. The Bertz CT molecular complexity index is 413. The number of hydrogen-bond donors (Lipinski definition) is 1. The summed E-state index contributed by atoms with van der Waals surface area (Å²) in [7, 11) is 0. The van der Waals surface area contributed by atoms with Crippen LogP contribution in [0.3, 0.4) is 0 Å². The Hall–Kier alpha value is -1.26. The molecule has 2 heterocycles. The lowest BCUT2D eigenvalue weighted by Crippen LogP contribution is -2.43. The highest BCUT2D eigenvalue weighted by atomic mass is 16.5. The quantitative estimate of drug-likeness (QED) is 0.911. The molecule has 0 aromatic heterocycles. The third kappa shape index (κ3) is 3.64. The lowest BCUT2D eigenvalue weighted by atomic mass is 10.0. The van der Waals surface area contributed by atoms with E-state index in [0.717, 1.165) is 64.6 Å². The van der Waals surface area contributed by atoms with Gasteiger partial charge in [0.25, 0.3) is 0 Å². The van der Waals surface area contributed by atoms with Crippen molar-refractivity contribution < 1.29 is 9.47 Å². The summed E-state index contributed by atoms with van der Waals surface area (Å²) in [4.78, 5) is 2.41. The van der Waals surface area contributed by atoms with Gasteiger partial charge in [0.15, 0.2) is 0 Å². The van der Waals surface area contributed by atoms with E-state index in [1.54, 1.807) is 0 Å². The van der Waals surface area contributed by atoms with Gasteiger partial charge in [0, 0.05) is 51.1 Å². The summed E-state index contributed by atoms with van der Waals surface area (Å²) in [5.41, 5.74) is 1.27. The van der Waals surface area contributed by atoms with Crippen LogP contribution < -0.4 is 15.0 Å². The molecule has 4 nitrogen and oxygen atoms in total. The Morgan fingerprint density at radius 1 is 1.20 bits per heavy atom. The maximum Gasteiger partial charge on any atom is 0.121 e. The molecule has 110 valence electrons. The molecule has 0 saturated carbocycles. The molecule has 0 atom stereocenters. The van der Waals surface area contributed by atoms with Crippen LogP contribution in [0.15, 0.2) is 24.3 Å². The van der Waals surface area contributed by atoms with E-state index < -0.39 is 0 Å². The monoisotopic (exact) mass is 276 g/mol. The molecule has 0 bridgehead atoms. The van der Waals surface area contributed by atoms with Crippen LogP contribution in [0.4, 0.5) is 5.69 Å². The van der Waals surface area contributed by atoms with Crippen LogP contribution in [0, 0.1) is 5.92 Å². The highest BCUT2D eigenvalue weighted by molar-refractivity contribution is 5.51. The number of piperazine rings is 1. The fourth-order valence-corrected chi connectivity index (χ4v) is 2.82. The van der Waals surface area contributed by atoms with Crippen molar-refractivity contribution in [2.75, 3.05) is 50.9 Å². The minimum atomic E-state index is 0.645. The molecular formula is C16H24N2O2. The Morgan fingerprint density at radius 2 is 2.00 bits per heavy atom. The average molecular weight is 276 g/mol. The Morgan fingerprint density at radius 3 is 2.80 bits per heavy atom. The number of anilines is 1. The SMILES string of the molecule is c1cc(OCC2CCOCC2)cc(N2CCNCC2)c1. The Labute approximate surface area is 121 Å². The van der Waals surface area contributed by atoms with Gasteiger partial charge in [0.05, 0.1) is 6.61 Å². The summed E-state index contributed by atoms with van der Waals surface area (Å²) in [6, 6.07) is 8.50. The van der Waals surface area contributed by atoms with E-state index in [-0.39, 0.29) is 0 Å². The first kappa shape index (κ1) is 13.7. The average Bonchev–Trinajstić information content (AvgIpc) is 2.55. The van der Waals surface area contributed by atoms with Crippen molar-refractivity contribution >= 4 is 5.69 Å². The molecule has 1 aromatic carbocycles. The molecule has 2 saturated heterocycles. The van der Waals surface area contributed by atoms with E-state index in [9.17, 15) is 0 Å². The smallest absolute Gasteiger partial charge is 0.121 e. The first-order chi connectivity index (χ1) is 9.92. The third-order valence-corrected chi connectivity index (χ3v) is 4.13. The van der Waals surface area contributed by atoms with Crippen molar-refractivity contribution in [2.45, 2.75) is 12.8 Å². The zero-order valence-electron chi connectivity index (χ0n) is 12.0. The van der Waals surface area contributed by atoms with Crippen LogP contribution in [-0.2, 0) is 4.74 Å². The van der Waals surface area contributed by atoms with Crippen LogP contribution >= 0.6 is 0 Å². The summed E-state index contributed by atoms with van der Waals surface area (Å²) in [5.74, 6) is 1.64. The largest absolute Gasteiger partial charge is 0.493 e. The van der Waals surface area contributed by atoms with Gasteiger partial charge in [-0.2, -0.15) is 0 Å². The van der Waals surface area contributed by atoms with Gasteiger partial charge in [-0.15, -0.1) is 0 Å². The molecule has 1 aromatic rings. The van der Waals surface area contributed by atoms with Crippen molar-refractivity contribution in [1.29, 1.82) is 0 Å². The highest BCUT2D eigenvalue weighted by Gasteiger charge is 2.15. The predicted octanol–water partition coefficient (Wildman–Crippen LogP) is 1.90. The van der Waals surface area contributed by atoms with E-state index in [4.69, 9.17) is 9.47 Å². The number of rotatable bonds is 4. The number of nitrogens with zero attached hydrogens (tertiary/aromatic N) is 1.